The van der Waals surface area contributed by atoms with Gasteiger partial charge in [-0.25, -0.2) is 0 Å². The van der Waals surface area contributed by atoms with Gasteiger partial charge in [-0.15, -0.1) is 12.6 Å². The second kappa shape index (κ2) is 6.00. The van der Waals surface area contributed by atoms with E-state index in [1.54, 1.807) is 0 Å². The Balaban J connectivity index is 1.94. The molecule has 1 aromatic carbocycles. The number of amides is 1. The van der Waals surface area contributed by atoms with Crippen molar-refractivity contribution in [2.24, 2.45) is 5.41 Å². The van der Waals surface area contributed by atoms with E-state index in [-0.39, 0.29) is 5.91 Å². The molecule has 2 nitrogen and oxygen atoms in total. The van der Waals surface area contributed by atoms with Crippen LogP contribution in [-0.2, 0) is 11.2 Å². The predicted molar refractivity (Wildman–Crippen MR) is 81.6 cm³/mol. The average Bonchev–Trinajstić information content (AvgIpc) is 2.53. The van der Waals surface area contributed by atoms with Crippen LogP contribution in [0.4, 0.5) is 0 Å². The second-order valence-corrected chi connectivity index (χ2v) is 6.76. The van der Waals surface area contributed by atoms with Gasteiger partial charge in [0.05, 0.1) is 6.42 Å². The molecule has 0 aromatic heterocycles. The number of likely N-dealkylation sites (tertiary alicyclic amines) is 1. The van der Waals surface area contributed by atoms with Crippen LogP contribution >= 0.6 is 12.6 Å². The van der Waals surface area contributed by atoms with Crippen LogP contribution < -0.4 is 0 Å². The monoisotopic (exact) mass is 277 g/mol. The summed E-state index contributed by atoms with van der Waals surface area (Å²) in [6.07, 6.45) is 3.95. The molecule has 104 valence electrons. The normalized spacial score (nSPS) is 19.0. The van der Waals surface area contributed by atoms with E-state index in [1.165, 1.54) is 6.42 Å². The van der Waals surface area contributed by atoms with E-state index < -0.39 is 0 Å². The zero-order valence-electron chi connectivity index (χ0n) is 11.9. The van der Waals surface area contributed by atoms with Gasteiger partial charge in [-0.05, 0) is 42.4 Å². The third-order valence-corrected chi connectivity index (χ3v) is 4.28. The molecule has 1 fully saturated rings. The lowest BCUT2D eigenvalue weighted by Crippen LogP contribution is -2.33. The van der Waals surface area contributed by atoms with Gasteiger partial charge in [-0.1, -0.05) is 26.0 Å². The van der Waals surface area contributed by atoms with Crippen LogP contribution in [-0.4, -0.2) is 23.9 Å². The molecule has 2 rings (SSSR count). The summed E-state index contributed by atoms with van der Waals surface area (Å²) in [6, 6.07) is 7.86. The molecule has 0 radical (unpaired) electrons. The molecule has 3 heteroatoms. The van der Waals surface area contributed by atoms with Crippen LogP contribution in [0.15, 0.2) is 29.2 Å². The van der Waals surface area contributed by atoms with Crippen molar-refractivity contribution in [1.82, 2.24) is 4.90 Å². The summed E-state index contributed by atoms with van der Waals surface area (Å²) >= 11 is 4.26. The summed E-state index contributed by atoms with van der Waals surface area (Å²) in [6.45, 7) is 6.40. The number of carbonyl (C=O) groups is 1. The van der Waals surface area contributed by atoms with Crippen molar-refractivity contribution in [1.29, 1.82) is 0 Å². The van der Waals surface area contributed by atoms with E-state index in [0.717, 1.165) is 36.4 Å². The number of rotatable bonds is 2. The van der Waals surface area contributed by atoms with Crippen molar-refractivity contribution >= 4 is 18.5 Å². The zero-order chi connectivity index (χ0) is 13.9. The van der Waals surface area contributed by atoms with Crippen molar-refractivity contribution in [3.63, 3.8) is 0 Å². The summed E-state index contributed by atoms with van der Waals surface area (Å²) in [5.74, 6) is 0.254. The Bertz CT molecular complexity index is 439. The molecule has 19 heavy (non-hydrogen) atoms. The van der Waals surface area contributed by atoms with Crippen LogP contribution in [0.1, 0.15) is 38.7 Å². The van der Waals surface area contributed by atoms with Crippen molar-refractivity contribution in [2.45, 2.75) is 44.4 Å². The quantitative estimate of drug-likeness (QED) is 0.820. The molecule has 0 N–H and O–H groups in total. The van der Waals surface area contributed by atoms with Crippen LogP contribution in [0.25, 0.3) is 0 Å². The van der Waals surface area contributed by atoms with Gasteiger partial charge in [0.15, 0.2) is 0 Å². The van der Waals surface area contributed by atoms with Gasteiger partial charge in [0.1, 0.15) is 0 Å². The molecule has 1 aliphatic rings. The molecule has 0 spiro atoms. The van der Waals surface area contributed by atoms with Gasteiger partial charge >= 0.3 is 0 Å². The van der Waals surface area contributed by atoms with Gasteiger partial charge in [0.2, 0.25) is 5.91 Å². The highest BCUT2D eigenvalue weighted by atomic mass is 32.1. The Labute approximate surface area is 121 Å². The first-order valence-electron chi connectivity index (χ1n) is 7.02. The number of nitrogens with zero attached hydrogens (tertiary/aromatic N) is 1. The molecule has 1 heterocycles. The Morgan fingerprint density at radius 1 is 1.21 bits per heavy atom. The smallest absolute Gasteiger partial charge is 0.226 e. The lowest BCUT2D eigenvalue weighted by molar-refractivity contribution is -0.130. The Hall–Kier alpha value is -0.960. The minimum absolute atomic E-state index is 0.254. The molecule has 1 saturated heterocycles. The number of benzene rings is 1. The summed E-state index contributed by atoms with van der Waals surface area (Å²) in [5, 5.41) is 0. The van der Waals surface area contributed by atoms with Crippen LogP contribution in [0, 0.1) is 5.41 Å². The van der Waals surface area contributed by atoms with Gasteiger partial charge in [-0.2, -0.15) is 0 Å². The lowest BCUT2D eigenvalue weighted by atomic mass is 9.85. The highest BCUT2D eigenvalue weighted by molar-refractivity contribution is 7.80. The molecular formula is C16H23NOS. The van der Waals surface area contributed by atoms with Crippen molar-refractivity contribution < 1.29 is 4.79 Å². The number of thiol groups is 1. The van der Waals surface area contributed by atoms with Crippen molar-refractivity contribution in [3.05, 3.63) is 29.8 Å². The van der Waals surface area contributed by atoms with E-state index in [0.29, 0.717) is 11.8 Å². The lowest BCUT2D eigenvalue weighted by Gasteiger charge is -2.23. The molecule has 0 bridgehead atoms. The van der Waals surface area contributed by atoms with E-state index in [1.807, 2.05) is 29.2 Å². The first-order valence-corrected chi connectivity index (χ1v) is 7.47. The van der Waals surface area contributed by atoms with E-state index in [2.05, 4.69) is 26.5 Å². The topological polar surface area (TPSA) is 20.3 Å². The molecule has 1 aliphatic heterocycles. The van der Waals surface area contributed by atoms with Crippen LogP contribution in [0.2, 0.25) is 0 Å². The van der Waals surface area contributed by atoms with Gasteiger partial charge < -0.3 is 4.90 Å². The summed E-state index contributed by atoms with van der Waals surface area (Å²) < 4.78 is 0. The summed E-state index contributed by atoms with van der Waals surface area (Å²) in [4.78, 5) is 15.3. The fourth-order valence-corrected chi connectivity index (χ4v) is 2.72. The largest absolute Gasteiger partial charge is 0.342 e. The predicted octanol–water partition coefficient (Wildman–Crippen LogP) is 3.56. The Kier molecular flexibility index (Phi) is 4.56. The first-order chi connectivity index (χ1) is 8.96. The van der Waals surface area contributed by atoms with Gasteiger partial charge in [0, 0.05) is 18.0 Å². The van der Waals surface area contributed by atoms with Gasteiger partial charge in [-0.3, -0.25) is 4.79 Å². The third-order valence-electron chi connectivity index (χ3n) is 3.98. The Morgan fingerprint density at radius 2 is 1.89 bits per heavy atom. The van der Waals surface area contributed by atoms with Crippen LogP contribution in [0.3, 0.4) is 0 Å². The van der Waals surface area contributed by atoms with Crippen molar-refractivity contribution in [2.75, 3.05) is 13.1 Å². The maximum atomic E-state index is 12.3. The molecular weight excluding hydrogens is 254 g/mol. The van der Waals surface area contributed by atoms with Crippen LogP contribution in [0.5, 0.6) is 0 Å². The number of hydrogen-bond acceptors (Lipinski definition) is 2. The minimum atomic E-state index is 0.254. The molecule has 0 atom stereocenters. The minimum Gasteiger partial charge on any atom is -0.342 e. The molecule has 0 saturated carbocycles. The number of carbonyl (C=O) groups excluding carboxylic acids is 1. The third kappa shape index (κ3) is 4.27. The first kappa shape index (κ1) is 14.4. The number of hydrogen-bond donors (Lipinski definition) is 1. The maximum absolute atomic E-state index is 12.3. The average molecular weight is 277 g/mol. The highest BCUT2D eigenvalue weighted by Gasteiger charge is 2.25. The maximum Gasteiger partial charge on any atom is 0.226 e. The Morgan fingerprint density at radius 3 is 2.58 bits per heavy atom. The fraction of sp³-hybridized carbons (Fsp3) is 0.562. The molecule has 1 aromatic rings. The van der Waals surface area contributed by atoms with E-state index >= 15 is 0 Å². The zero-order valence-corrected chi connectivity index (χ0v) is 12.7. The second-order valence-electron chi connectivity index (χ2n) is 6.24. The SMILES string of the molecule is CC1(C)CCCN(C(=O)Cc2ccc(S)cc2)CC1. The highest BCUT2D eigenvalue weighted by Crippen LogP contribution is 2.29. The summed E-state index contributed by atoms with van der Waals surface area (Å²) in [7, 11) is 0. The van der Waals surface area contributed by atoms with E-state index in [4.69, 9.17) is 0 Å². The molecule has 0 aliphatic carbocycles. The fourth-order valence-electron chi connectivity index (χ4n) is 2.57. The van der Waals surface area contributed by atoms with Crippen molar-refractivity contribution in [3.8, 4) is 0 Å². The van der Waals surface area contributed by atoms with Gasteiger partial charge in [0.25, 0.3) is 0 Å². The molecule has 0 unspecified atom stereocenters. The molecule has 1 amide bonds. The standard InChI is InChI=1S/C16H23NOS/c1-16(2)8-3-10-17(11-9-16)15(18)12-13-4-6-14(19)7-5-13/h4-7,19H,3,8-12H2,1-2H3. The summed E-state index contributed by atoms with van der Waals surface area (Å²) in [5.41, 5.74) is 1.45. The van der Waals surface area contributed by atoms with E-state index in [9.17, 15) is 4.79 Å².